The number of para-hydroxylation sites is 3. The Morgan fingerprint density at radius 3 is 1.15 bits per heavy atom. The summed E-state index contributed by atoms with van der Waals surface area (Å²) in [5, 5.41) is 40.2. The maximum atomic E-state index is 12.3. The van der Waals surface area contributed by atoms with Crippen LogP contribution in [0.1, 0.15) is 138 Å². The monoisotopic (exact) mass is 1350 g/mol. The number of phenols is 3. The van der Waals surface area contributed by atoms with Gasteiger partial charge in [-0.3, -0.25) is 29.4 Å². The van der Waals surface area contributed by atoms with Gasteiger partial charge < -0.3 is 59.2 Å². The Labute approximate surface area is 536 Å². The highest BCUT2D eigenvalue weighted by molar-refractivity contribution is 7.90. The third-order valence-electron chi connectivity index (χ3n) is 13.4. The van der Waals surface area contributed by atoms with E-state index in [-0.39, 0.29) is 91.9 Å². The highest BCUT2D eigenvalue weighted by Gasteiger charge is 2.33. The lowest BCUT2D eigenvalue weighted by Gasteiger charge is -2.15. The van der Waals surface area contributed by atoms with Crippen LogP contribution in [-0.2, 0) is 30.6 Å². The van der Waals surface area contributed by atoms with Gasteiger partial charge in [-0.25, -0.2) is 14.2 Å². The van der Waals surface area contributed by atoms with E-state index < -0.39 is 66.5 Å². The van der Waals surface area contributed by atoms with Gasteiger partial charge in [-0.05, 0) is 92.3 Å². The first-order chi connectivity index (χ1) is 43.2. The number of hydrogen-bond acceptors (Lipinski definition) is 21. The van der Waals surface area contributed by atoms with Gasteiger partial charge in [-0.15, -0.1) is 13.2 Å². The lowest BCUT2D eigenvalue weighted by Crippen LogP contribution is -2.31. The summed E-state index contributed by atoms with van der Waals surface area (Å²) in [4.78, 5) is 54.0. The molecule has 0 saturated carbocycles. The van der Waals surface area contributed by atoms with Crippen LogP contribution in [-0.4, -0.2) is 150 Å². The molecule has 492 valence electrons. The number of nitrogens with zero attached hydrogens (tertiary/aromatic N) is 9. The van der Waals surface area contributed by atoms with Crippen LogP contribution in [0.25, 0.3) is 0 Å². The number of hydrogen-bond donors (Lipinski definition) is 9. The zero-order valence-electron chi connectivity index (χ0n) is 52.0. The molecule has 3 aromatic carbocycles. The molecular formula is C58H70ClN15O15S3. The molecule has 3 amide bonds. The quantitative estimate of drug-likeness (QED) is 0.0418. The highest BCUT2D eigenvalue weighted by Crippen LogP contribution is 2.34. The van der Waals surface area contributed by atoms with E-state index in [1.54, 1.807) is 91.9 Å². The number of amidine groups is 6. The van der Waals surface area contributed by atoms with E-state index in [0.717, 1.165) is 11.3 Å². The lowest BCUT2D eigenvalue weighted by molar-refractivity contribution is 0.0817. The fraction of sp³-hybridized carbons (Fsp3) is 0.328. The van der Waals surface area contributed by atoms with Crippen LogP contribution in [0.3, 0.4) is 0 Å². The van der Waals surface area contributed by atoms with Gasteiger partial charge in [-0.1, -0.05) is 64.4 Å². The highest BCUT2D eigenvalue weighted by atomic mass is 35.5. The summed E-state index contributed by atoms with van der Waals surface area (Å²) in [5.74, 6) is 0.0588. The molecule has 34 heteroatoms. The lowest BCUT2D eigenvalue weighted by atomic mass is 10.1. The van der Waals surface area contributed by atoms with Crippen LogP contribution in [0, 0.1) is 6.92 Å². The van der Waals surface area contributed by atoms with Crippen molar-refractivity contribution < 1.29 is 68.2 Å². The van der Waals surface area contributed by atoms with Gasteiger partial charge in [0.15, 0.2) is 52.3 Å². The minimum atomic E-state index is -4.02. The molecule has 9 rings (SSSR count). The van der Waals surface area contributed by atoms with Crippen LogP contribution >= 0.6 is 11.6 Å². The van der Waals surface area contributed by atoms with Gasteiger partial charge in [0.2, 0.25) is 0 Å². The zero-order chi connectivity index (χ0) is 67.7. The Hall–Kier alpha value is -9.73. The van der Waals surface area contributed by atoms with Crippen molar-refractivity contribution >= 4 is 112 Å². The number of furan rings is 3. The molecule has 0 radical (unpaired) electrons. The van der Waals surface area contributed by atoms with E-state index in [1.165, 1.54) is 57.4 Å². The van der Waals surface area contributed by atoms with Gasteiger partial charge in [0, 0.05) is 48.4 Å². The topological polar surface area (TPSA) is 410 Å². The Morgan fingerprint density at radius 1 is 0.533 bits per heavy atom. The third-order valence-corrected chi connectivity index (χ3v) is 16.2. The number of aryl methyl sites for hydroxylation is 1. The number of carbonyl (C=O) groups is 3. The fourth-order valence-corrected chi connectivity index (χ4v) is 11.2. The van der Waals surface area contributed by atoms with Crippen molar-refractivity contribution in [1.82, 2.24) is 28.9 Å². The minimum absolute atomic E-state index is 0.0110. The molecule has 1 unspecified atom stereocenters. The number of carbonyl (C=O) groups excluding carboxylic acids is 3. The van der Waals surface area contributed by atoms with Crippen LogP contribution in [0.4, 0.5) is 17.1 Å². The Balaban J connectivity index is 0.000000196. The molecule has 3 aromatic heterocycles. The number of nitrogens with one attached hydrogen (secondary N) is 6. The summed E-state index contributed by atoms with van der Waals surface area (Å²) < 4.78 is 107. The average Bonchev–Trinajstić information content (AvgIpc) is 2.15. The molecule has 0 spiro atoms. The normalized spacial score (nSPS) is 17.3. The van der Waals surface area contributed by atoms with Crippen molar-refractivity contribution in [2.45, 2.75) is 84.8 Å². The maximum Gasteiger partial charge on any atom is 0.345 e. The van der Waals surface area contributed by atoms with Crippen LogP contribution in [0.2, 0.25) is 5.02 Å². The molecule has 0 fully saturated rings. The number of benzene rings is 3. The zero-order valence-corrected chi connectivity index (χ0v) is 55.2. The second kappa shape index (κ2) is 29.0. The van der Waals surface area contributed by atoms with Gasteiger partial charge in [0.05, 0.1) is 45.0 Å². The largest absolute Gasteiger partial charge is 0.505 e. The smallest absolute Gasteiger partial charge is 0.345 e. The molecule has 3 aliphatic heterocycles. The Morgan fingerprint density at radius 2 is 0.870 bits per heavy atom. The number of rotatable bonds is 16. The molecule has 0 aliphatic carbocycles. The van der Waals surface area contributed by atoms with Crippen molar-refractivity contribution in [1.29, 1.82) is 0 Å². The van der Waals surface area contributed by atoms with Crippen LogP contribution in [0.5, 0.6) is 17.2 Å². The number of anilines is 3. The molecule has 9 N–H and O–H groups in total. The van der Waals surface area contributed by atoms with E-state index in [0.29, 0.717) is 41.6 Å². The van der Waals surface area contributed by atoms with Gasteiger partial charge in [0.1, 0.15) is 47.4 Å². The average molecular weight is 1350 g/mol. The van der Waals surface area contributed by atoms with E-state index in [9.17, 15) is 55.0 Å². The predicted octanol–water partition coefficient (Wildman–Crippen LogP) is 7.77. The first-order valence-electron chi connectivity index (χ1n) is 28.2. The predicted molar refractivity (Wildman–Crippen MR) is 349 cm³/mol. The third kappa shape index (κ3) is 17.2. The summed E-state index contributed by atoms with van der Waals surface area (Å²) in [7, 11) is -2.66. The molecule has 30 nitrogen and oxygen atoms in total. The summed E-state index contributed by atoms with van der Waals surface area (Å²) in [6.45, 7) is 11.5. The van der Waals surface area contributed by atoms with E-state index in [2.05, 4.69) is 58.3 Å². The van der Waals surface area contributed by atoms with Crippen molar-refractivity contribution in [3.8, 4) is 17.2 Å². The van der Waals surface area contributed by atoms with Crippen LogP contribution in [0.15, 0.2) is 133 Å². The molecule has 0 saturated heterocycles. The second-order valence-corrected chi connectivity index (χ2v) is 25.8. The number of amides is 3. The number of halogens is 1. The molecule has 3 aliphatic rings. The second-order valence-electron chi connectivity index (χ2n) is 21.4. The van der Waals surface area contributed by atoms with Gasteiger partial charge >= 0.3 is 30.6 Å². The standard InChI is InChI=1S/C21H27N5O5S.C19H23N5O5S.C18H20ClN5O5S/c1-6-15(17-10-13(11-31-17)12(2)3)22-19-20(25-32(29,30)24-19)23-16-9-7-8-14(18(16)27)21(28)26(4)5;1-5-13(15-10-9-11(2)29-15)20-17-18(23-30(27,28)22-17)21-14-8-6-7-12(16(14)25)19(26)24(3)4;1-4-12(14-8-10(19)9-29-14)20-16-17(23-30(27,28)22-16)21-13-7-5-6-11(15(13)25)18(26)24(2)3/h7-12,15,27H,6H2,1-5H3,(H,22,24)(H,23,25);6-10,13,25H,5H2,1-4H3,(H,20,22)(H,21,23);5-9,12,25H,4H2,1-3H3,(H,20,22)(H,21,23)/t15-;13-;/m11./s1. The maximum absolute atomic E-state index is 12.3. The van der Waals surface area contributed by atoms with Crippen molar-refractivity contribution in [2.24, 2.45) is 28.2 Å². The Bertz CT molecular complexity index is 4140. The SMILES string of the molecule is CCC(N=C1NS(=O)(=O)N=C1Nc1cccc(C(=O)N(C)C)c1O)c1cc(Cl)co1.CC[C@@H](N=C1NS(=O)(=O)N=C1Nc1cccc(C(=O)N(C)C)c1O)c1cc(C(C)C)co1.CC[C@@H](N=C1NS(=O)(=O)N=C1Nc1cccc(C(=O)N(C)C)c1O)c1ccc(C)o1. The van der Waals surface area contributed by atoms with Gasteiger partial charge in [0.25, 0.3) is 17.7 Å². The number of aromatic hydroxyl groups is 3. The summed E-state index contributed by atoms with van der Waals surface area (Å²) in [6, 6.07) is 19.2. The first-order valence-corrected chi connectivity index (χ1v) is 32.9. The summed E-state index contributed by atoms with van der Waals surface area (Å²) >= 11 is 5.89. The molecule has 92 heavy (non-hydrogen) atoms. The first kappa shape index (κ1) is 69.7. The van der Waals surface area contributed by atoms with E-state index in [1.807, 2.05) is 40.7 Å². The van der Waals surface area contributed by atoms with Crippen molar-refractivity contribution in [3.05, 3.63) is 142 Å². The summed E-state index contributed by atoms with van der Waals surface area (Å²) in [5.41, 5.74) is 1.54. The fourth-order valence-electron chi connectivity index (χ4n) is 8.65. The molecule has 3 atom stereocenters. The Kier molecular flexibility index (Phi) is 22.0. The van der Waals surface area contributed by atoms with E-state index >= 15 is 0 Å². The molecule has 6 heterocycles. The van der Waals surface area contributed by atoms with Crippen molar-refractivity contribution in [3.63, 3.8) is 0 Å². The van der Waals surface area contributed by atoms with Crippen molar-refractivity contribution in [2.75, 3.05) is 58.2 Å². The molecule has 0 bridgehead atoms. The number of phenolic OH excluding ortho intramolecular Hbond substituents is 3. The molecular weight excluding hydrogens is 1280 g/mol. The molecule has 6 aromatic rings. The minimum Gasteiger partial charge on any atom is -0.505 e. The number of aliphatic imine (C=N–C) groups is 3. The van der Waals surface area contributed by atoms with Gasteiger partial charge in [-0.2, -0.15) is 25.3 Å². The van der Waals surface area contributed by atoms with Crippen LogP contribution < -0.4 is 30.1 Å². The van der Waals surface area contributed by atoms with E-state index in [4.69, 9.17) is 24.9 Å². The summed E-state index contributed by atoms with van der Waals surface area (Å²) in [6.07, 6.45) is 4.64.